The van der Waals surface area contributed by atoms with Crippen LogP contribution in [0.25, 0.3) is 0 Å². The fraction of sp³-hybridized carbons (Fsp3) is 0.471. The van der Waals surface area contributed by atoms with Crippen LogP contribution in [0.2, 0.25) is 0 Å². The Morgan fingerprint density at radius 2 is 1.53 bits per heavy atom. The molecule has 0 radical (unpaired) electrons. The quantitative estimate of drug-likeness (QED) is 0.208. The number of methoxy groups -OCH3 is 1. The highest BCUT2D eigenvalue weighted by molar-refractivity contribution is 6.10. The molecule has 1 saturated heterocycles. The monoisotopic (exact) mass is 656 g/mol. The van der Waals surface area contributed by atoms with Crippen molar-refractivity contribution in [3.05, 3.63) is 71.3 Å². The summed E-state index contributed by atoms with van der Waals surface area (Å²) in [6, 6.07) is 10.8. The van der Waals surface area contributed by atoms with Crippen LogP contribution in [-0.4, -0.2) is 84.5 Å². The summed E-state index contributed by atoms with van der Waals surface area (Å²) in [5.41, 5.74) is 1.22. The summed E-state index contributed by atoms with van der Waals surface area (Å²) in [6.07, 6.45) is 0.881. The lowest BCUT2D eigenvalue weighted by molar-refractivity contribution is -0.163. The Morgan fingerprint density at radius 1 is 0.915 bits per heavy atom. The van der Waals surface area contributed by atoms with Gasteiger partial charge in [0.2, 0.25) is 17.6 Å². The Labute approximate surface area is 272 Å². The predicted octanol–water partition coefficient (Wildman–Crippen LogP) is 2.92. The number of hydrogen-bond donors (Lipinski definition) is 3. The van der Waals surface area contributed by atoms with Gasteiger partial charge in [-0.2, -0.15) is 8.78 Å². The molecule has 13 heteroatoms. The van der Waals surface area contributed by atoms with Gasteiger partial charge < -0.3 is 15.4 Å². The molecule has 0 aromatic heterocycles. The number of alkyl halides is 2. The van der Waals surface area contributed by atoms with Crippen molar-refractivity contribution in [3.63, 3.8) is 0 Å². The Kier molecular flexibility index (Phi) is 12.9. The number of carbonyl (C=O) groups is 6. The maximum atomic E-state index is 15.3. The second-order valence-electron chi connectivity index (χ2n) is 12.1. The average Bonchev–Trinajstić information content (AvgIpc) is 3.52. The van der Waals surface area contributed by atoms with Crippen molar-refractivity contribution in [2.24, 2.45) is 11.8 Å². The highest BCUT2D eigenvalue weighted by Gasteiger charge is 2.54. The molecule has 3 rings (SSSR count). The highest BCUT2D eigenvalue weighted by atomic mass is 19.3. The van der Waals surface area contributed by atoms with Crippen LogP contribution < -0.4 is 16.0 Å². The Hall–Kier alpha value is -4.52. The third-order valence-electron chi connectivity index (χ3n) is 8.04. The Balaban J connectivity index is 1.68. The van der Waals surface area contributed by atoms with Gasteiger partial charge in [-0.3, -0.25) is 34.2 Å². The zero-order valence-electron chi connectivity index (χ0n) is 27.2. The minimum Gasteiger partial charge on any atom is -0.465 e. The van der Waals surface area contributed by atoms with Crippen LogP contribution in [0.5, 0.6) is 0 Å². The number of ether oxygens (including phenoxy) is 1. The number of rotatable bonds is 14. The maximum absolute atomic E-state index is 15.3. The number of carbonyl (C=O) groups excluding carboxylic acids is 6. The second kappa shape index (κ2) is 16.3. The molecular formula is C34H42F2N4O7. The SMILES string of the molecule is COC(=O)c1ccc(C(=O)N[C@H](C(=O)NC(=O)[C@@H]2CCCN2C(C(=O)C(F)(F)C(=O)NCCc2ccccc2)C(C)C)C(C)C)cc1. The van der Waals surface area contributed by atoms with Gasteiger partial charge in [-0.05, 0) is 67.5 Å². The molecule has 47 heavy (non-hydrogen) atoms. The van der Waals surface area contributed by atoms with Crippen LogP contribution in [0.3, 0.4) is 0 Å². The average molecular weight is 657 g/mol. The molecule has 11 nitrogen and oxygen atoms in total. The van der Waals surface area contributed by atoms with Crippen LogP contribution in [0, 0.1) is 11.8 Å². The zero-order chi connectivity index (χ0) is 34.9. The molecule has 0 bridgehead atoms. The third-order valence-corrected chi connectivity index (χ3v) is 8.04. The molecule has 1 unspecified atom stereocenters. The van der Waals surface area contributed by atoms with E-state index in [0.717, 1.165) is 5.56 Å². The first-order valence-corrected chi connectivity index (χ1v) is 15.5. The minimum absolute atomic E-state index is 0.0960. The molecule has 3 N–H and O–H groups in total. The van der Waals surface area contributed by atoms with E-state index in [2.05, 4.69) is 20.7 Å². The molecule has 1 heterocycles. The summed E-state index contributed by atoms with van der Waals surface area (Å²) in [5.74, 6) is -11.7. The van der Waals surface area contributed by atoms with E-state index in [-0.39, 0.29) is 30.6 Å². The van der Waals surface area contributed by atoms with E-state index in [9.17, 15) is 28.8 Å². The standard InChI is InChI=1S/C34H42F2N4O7/c1-20(2)26(38-29(42)23-13-15-24(16-14-23)32(45)47-5)31(44)39-30(43)25-12-9-19-40(25)27(21(3)4)28(41)34(35,36)33(46)37-18-17-22-10-7-6-8-11-22/h6-8,10-11,13-16,20-21,25-27H,9,12,17-19H2,1-5H3,(H,37,46)(H,38,42)(H,39,43,44)/t25-,26-,27?/m0/s1. The highest BCUT2D eigenvalue weighted by Crippen LogP contribution is 2.30. The van der Waals surface area contributed by atoms with E-state index >= 15 is 8.78 Å². The lowest BCUT2D eigenvalue weighted by atomic mass is 9.93. The summed E-state index contributed by atoms with van der Waals surface area (Å²) in [4.78, 5) is 78.3. The summed E-state index contributed by atoms with van der Waals surface area (Å²) in [6.45, 7) is 6.45. The molecular weight excluding hydrogens is 614 g/mol. The molecule has 1 aliphatic heterocycles. The lowest BCUT2D eigenvalue weighted by Crippen LogP contribution is -2.60. The molecule has 3 atom stereocenters. The topological polar surface area (TPSA) is 151 Å². The smallest absolute Gasteiger partial charge is 0.383 e. The van der Waals surface area contributed by atoms with E-state index in [1.165, 1.54) is 36.3 Å². The molecule has 254 valence electrons. The number of benzene rings is 2. The Morgan fingerprint density at radius 3 is 2.11 bits per heavy atom. The van der Waals surface area contributed by atoms with Gasteiger partial charge in [-0.1, -0.05) is 58.0 Å². The van der Waals surface area contributed by atoms with Gasteiger partial charge in [0.15, 0.2) is 0 Å². The van der Waals surface area contributed by atoms with Crippen molar-refractivity contribution in [1.29, 1.82) is 0 Å². The minimum atomic E-state index is -4.35. The Bertz CT molecular complexity index is 1450. The number of halogens is 2. The van der Waals surface area contributed by atoms with Crippen LogP contribution in [0.4, 0.5) is 8.78 Å². The molecule has 2 aromatic rings. The number of nitrogens with one attached hydrogen (secondary N) is 3. The van der Waals surface area contributed by atoms with Crippen molar-refractivity contribution in [2.75, 3.05) is 20.2 Å². The first kappa shape index (κ1) is 36.9. The first-order valence-electron chi connectivity index (χ1n) is 15.5. The van der Waals surface area contributed by atoms with E-state index < -0.39 is 71.3 Å². The predicted molar refractivity (Wildman–Crippen MR) is 168 cm³/mol. The van der Waals surface area contributed by atoms with Crippen molar-refractivity contribution >= 4 is 35.4 Å². The van der Waals surface area contributed by atoms with Gasteiger partial charge in [0, 0.05) is 12.1 Å². The number of esters is 1. The van der Waals surface area contributed by atoms with Crippen molar-refractivity contribution in [1.82, 2.24) is 20.9 Å². The molecule has 2 aromatic carbocycles. The summed E-state index contributed by atoms with van der Waals surface area (Å²) in [5, 5.41) is 7.03. The van der Waals surface area contributed by atoms with Gasteiger partial charge >= 0.3 is 11.9 Å². The summed E-state index contributed by atoms with van der Waals surface area (Å²) < 4.78 is 35.2. The largest absolute Gasteiger partial charge is 0.465 e. The molecule has 0 spiro atoms. The van der Waals surface area contributed by atoms with E-state index in [4.69, 9.17) is 0 Å². The van der Waals surface area contributed by atoms with Crippen molar-refractivity contribution in [2.45, 2.75) is 71.0 Å². The van der Waals surface area contributed by atoms with Crippen molar-refractivity contribution < 1.29 is 42.3 Å². The van der Waals surface area contributed by atoms with Gasteiger partial charge in [0.25, 0.3) is 11.8 Å². The first-order chi connectivity index (χ1) is 22.2. The van der Waals surface area contributed by atoms with Crippen LogP contribution >= 0.6 is 0 Å². The molecule has 1 aliphatic rings. The number of imide groups is 1. The summed E-state index contributed by atoms with van der Waals surface area (Å²) in [7, 11) is 1.23. The van der Waals surface area contributed by atoms with E-state index in [1.807, 2.05) is 0 Å². The van der Waals surface area contributed by atoms with E-state index in [1.54, 1.807) is 58.0 Å². The second-order valence-corrected chi connectivity index (χ2v) is 12.1. The van der Waals surface area contributed by atoms with Crippen LogP contribution in [-0.2, 0) is 30.3 Å². The zero-order valence-corrected chi connectivity index (χ0v) is 27.2. The number of hydrogen-bond acceptors (Lipinski definition) is 8. The van der Waals surface area contributed by atoms with Crippen LogP contribution in [0.1, 0.15) is 66.8 Å². The fourth-order valence-corrected chi connectivity index (χ4v) is 5.53. The normalized spacial score (nSPS) is 16.3. The lowest BCUT2D eigenvalue weighted by Gasteiger charge is -2.35. The van der Waals surface area contributed by atoms with Crippen LogP contribution in [0.15, 0.2) is 54.6 Å². The van der Waals surface area contributed by atoms with Gasteiger partial charge in [-0.25, -0.2) is 4.79 Å². The molecule has 0 aliphatic carbocycles. The third kappa shape index (κ3) is 9.28. The van der Waals surface area contributed by atoms with Gasteiger partial charge in [-0.15, -0.1) is 0 Å². The number of nitrogens with zero attached hydrogens (tertiary/aromatic N) is 1. The number of likely N-dealkylation sites (tertiary alicyclic amines) is 1. The van der Waals surface area contributed by atoms with Gasteiger partial charge in [0.1, 0.15) is 6.04 Å². The van der Waals surface area contributed by atoms with Gasteiger partial charge in [0.05, 0.1) is 24.8 Å². The number of Topliss-reactive ketones (excluding diaryl/α,β-unsaturated/α-hetero) is 1. The van der Waals surface area contributed by atoms with Crippen molar-refractivity contribution in [3.8, 4) is 0 Å². The molecule has 1 fully saturated rings. The molecule has 0 saturated carbocycles. The maximum Gasteiger partial charge on any atom is 0.383 e. The fourth-order valence-electron chi connectivity index (χ4n) is 5.53. The summed E-state index contributed by atoms with van der Waals surface area (Å²) >= 11 is 0. The van der Waals surface area contributed by atoms with E-state index in [0.29, 0.717) is 12.8 Å². The number of amides is 4. The molecule has 4 amide bonds. The number of ketones is 1.